The van der Waals surface area contributed by atoms with Gasteiger partial charge in [-0.2, -0.15) is 0 Å². The lowest BCUT2D eigenvalue weighted by molar-refractivity contribution is 0.103. The summed E-state index contributed by atoms with van der Waals surface area (Å²) in [4.78, 5) is 12.2. The fourth-order valence-corrected chi connectivity index (χ4v) is 2.92. The van der Waals surface area contributed by atoms with Crippen molar-refractivity contribution in [3.8, 4) is 0 Å². The number of carbonyl (C=O) groups excluding carboxylic acids is 1. The highest BCUT2D eigenvalue weighted by Gasteiger charge is 2.12. The summed E-state index contributed by atoms with van der Waals surface area (Å²) >= 11 is 10.1. The zero-order chi connectivity index (χ0) is 12.4. The molecule has 0 atom stereocenters. The summed E-state index contributed by atoms with van der Waals surface area (Å²) in [7, 11) is 0. The Balaban J connectivity index is 2.40. The van der Waals surface area contributed by atoms with Gasteiger partial charge >= 0.3 is 0 Å². The van der Waals surface area contributed by atoms with Crippen molar-refractivity contribution in [1.29, 1.82) is 0 Å². The van der Waals surface area contributed by atoms with Gasteiger partial charge in [-0.1, -0.05) is 31.9 Å². The van der Waals surface area contributed by atoms with Crippen LogP contribution in [-0.2, 0) is 0 Å². The van der Waals surface area contributed by atoms with Gasteiger partial charge in [0, 0.05) is 24.5 Å². The van der Waals surface area contributed by atoms with Crippen LogP contribution in [-0.4, -0.2) is 5.78 Å². The van der Waals surface area contributed by atoms with Crippen LogP contribution in [0.5, 0.6) is 0 Å². The Morgan fingerprint density at radius 3 is 2.00 bits per heavy atom. The van der Waals surface area contributed by atoms with Gasteiger partial charge in [-0.25, -0.2) is 0 Å². The molecule has 0 amide bonds. The first-order valence-electron chi connectivity index (χ1n) is 4.83. The topological polar surface area (TPSA) is 17.1 Å². The maximum Gasteiger partial charge on any atom is 0.194 e. The normalized spacial score (nSPS) is 10.3. The van der Waals surface area contributed by atoms with E-state index < -0.39 is 0 Å². The second-order valence-electron chi connectivity index (χ2n) is 3.46. The Labute approximate surface area is 125 Å². The average molecular weight is 419 g/mol. The standard InChI is InChI=1S/C13H7Br3O/c14-9-3-1-8(2-4-9)13(17)11-6-5-10(15)7-12(11)16/h1-7H. The van der Waals surface area contributed by atoms with Gasteiger partial charge in [0.2, 0.25) is 0 Å². The molecule has 86 valence electrons. The van der Waals surface area contributed by atoms with E-state index in [2.05, 4.69) is 47.8 Å². The maximum absolute atomic E-state index is 12.2. The summed E-state index contributed by atoms with van der Waals surface area (Å²) in [6.45, 7) is 0. The van der Waals surface area contributed by atoms with Gasteiger partial charge in [-0.15, -0.1) is 0 Å². The van der Waals surface area contributed by atoms with Crippen molar-refractivity contribution in [3.05, 3.63) is 67.0 Å². The number of ketones is 1. The summed E-state index contributed by atoms with van der Waals surface area (Å²) in [6, 6.07) is 12.9. The fourth-order valence-electron chi connectivity index (χ4n) is 1.43. The van der Waals surface area contributed by atoms with Gasteiger partial charge in [-0.05, 0) is 58.4 Å². The van der Waals surface area contributed by atoms with E-state index >= 15 is 0 Å². The molecule has 0 radical (unpaired) electrons. The van der Waals surface area contributed by atoms with Crippen LogP contribution in [0, 0.1) is 0 Å². The SMILES string of the molecule is O=C(c1ccc(Br)cc1)c1ccc(Br)cc1Br. The largest absolute Gasteiger partial charge is 0.289 e. The van der Waals surface area contributed by atoms with E-state index in [9.17, 15) is 4.79 Å². The zero-order valence-corrected chi connectivity index (χ0v) is 13.3. The van der Waals surface area contributed by atoms with Crippen molar-refractivity contribution in [2.75, 3.05) is 0 Å². The Morgan fingerprint density at radius 1 is 0.824 bits per heavy atom. The molecule has 0 aromatic heterocycles. The van der Waals surface area contributed by atoms with E-state index in [-0.39, 0.29) is 5.78 Å². The van der Waals surface area contributed by atoms with E-state index in [0.717, 1.165) is 13.4 Å². The average Bonchev–Trinajstić information content (AvgIpc) is 2.29. The second kappa shape index (κ2) is 5.46. The van der Waals surface area contributed by atoms with Crippen molar-refractivity contribution in [2.24, 2.45) is 0 Å². The van der Waals surface area contributed by atoms with Crippen molar-refractivity contribution < 1.29 is 4.79 Å². The molecule has 0 saturated heterocycles. The molecule has 0 bridgehead atoms. The fraction of sp³-hybridized carbons (Fsp3) is 0. The van der Waals surface area contributed by atoms with Gasteiger partial charge in [0.15, 0.2) is 5.78 Å². The molecule has 2 aromatic carbocycles. The number of carbonyl (C=O) groups is 1. The first-order valence-corrected chi connectivity index (χ1v) is 7.21. The van der Waals surface area contributed by atoms with Crippen LogP contribution >= 0.6 is 47.8 Å². The summed E-state index contributed by atoms with van der Waals surface area (Å²) in [5, 5.41) is 0. The summed E-state index contributed by atoms with van der Waals surface area (Å²) in [6.07, 6.45) is 0. The predicted octanol–water partition coefficient (Wildman–Crippen LogP) is 5.21. The van der Waals surface area contributed by atoms with E-state index in [4.69, 9.17) is 0 Å². The van der Waals surface area contributed by atoms with Crippen LogP contribution < -0.4 is 0 Å². The summed E-state index contributed by atoms with van der Waals surface area (Å²) in [5.41, 5.74) is 1.34. The molecule has 2 aromatic rings. The Kier molecular flexibility index (Phi) is 4.17. The minimum atomic E-state index is 0.0110. The second-order valence-corrected chi connectivity index (χ2v) is 6.15. The molecule has 0 fully saturated rings. The van der Waals surface area contributed by atoms with E-state index in [1.165, 1.54) is 0 Å². The van der Waals surface area contributed by atoms with Crippen LogP contribution in [0.25, 0.3) is 0 Å². The predicted molar refractivity (Wildman–Crippen MR) is 79.4 cm³/mol. The van der Waals surface area contributed by atoms with Crippen LogP contribution in [0.15, 0.2) is 55.9 Å². The molecule has 0 heterocycles. The van der Waals surface area contributed by atoms with Crippen molar-refractivity contribution in [1.82, 2.24) is 0 Å². The highest BCUT2D eigenvalue weighted by molar-refractivity contribution is 9.11. The summed E-state index contributed by atoms with van der Waals surface area (Å²) < 4.78 is 2.69. The smallest absolute Gasteiger partial charge is 0.194 e. The molecule has 0 N–H and O–H groups in total. The van der Waals surface area contributed by atoms with E-state index in [1.54, 1.807) is 18.2 Å². The zero-order valence-electron chi connectivity index (χ0n) is 8.58. The minimum Gasteiger partial charge on any atom is -0.289 e. The van der Waals surface area contributed by atoms with Crippen LogP contribution in [0.4, 0.5) is 0 Å². The van der Waals surface area contributed by atoms with Gasteiger partial charge in [0.05, 0.1) is 0 Å². The molecule has 0 aliphatic carbocycles. The van der Waals surface area contributed by atoms with E-state index in [0.29, 0.717) is 11.1 Å². The molecule has 2 rings (SSSR count). The van der Waals surface area contributed by atoms with Crippen LogP contribution in [0.1, 0.15) is 15.9 Å². The van der Waals surface area contributed by atoms with Gasteiger partial charge in [0.1, 0.15) is 0 Å². The Morgan fingerprint density at radius 2 is 1.41 bits per heavy atom. The first kappa shape index (κ1) is 13.0. The first-order chi connectivity index (χ1) is 8.08. The van der Waals surface area contributed by atoms with Crippen LogP contribution in [0.3, 0.4) is 0 Å². The van der Waals surface area contributed by atoms with Crippen molar-refractivity contribution >= 4 is 53.6 Å². The lowest BCUT2D eigenvalue weighted by Gasteiger charge is -2.04. The van der Waals surface area contributed by atoms with Gasteiger partial charge in [-0.3, -0.25) is 4.79 Å². The quantitative estimate of drug-likeness (QED) is 0.612. The molecule has 17 heavy (non-hydrogen) atoms. The lowest BCUT2D eigenvalue weighted by atomic mass is 10.0. The highest BCUT2D eigenvalue weighted by atomic mass is 79.9. The monoisotopic (exact) mass is 416 g/mol. The molecule has 1 nitrogen and oxygen atoms in total. The number of hydrogen-bond acceptors (Lipinski definition) is 1. The van der Waals surface area contributed by atoms with Crippen molar-refractivity contribution in [2.45, 2.75) is 0 Å². The lowest BCUT2D eigenvalue weighted by Crippen LogP contribution is -2.01. The molecule has 0 unspecified atom stereocenters. The number of hydrogen-bond donors (Lipinski definition) is 0. The third-order valence-corrected chi connectivity index (χ3v) is 3.96. The number of benzene rings is 2. The highest BCUT2D eigenvalue weighted by Crippen LogP contribution is 2.24. The number of rotatable bonds is 2. The summed E-state index contributed by atoms with van der Waals surface area (Å²) in [5.74, 6) is 0.0110. The van der Waals surface area contributed by atoms with Crippen molar-refractivity contribution in [3.63, 3.8) is 0 Å². The molecule has 4 heteroatoms. The van der Waals surface area contributed by atoms with Gasteiger partial charge < -0.3 is 0 Å². The number of halogens is 3. The Hall–Kier alpha value is -0.450. The Bertz CT molecular complexity index is 561. The molecule has 0 saturated carbocycles. The molecular weight excluding hydrogens is 412 g/mol. The molecule has 0 aliphatic heterocycles. The van der Waals surface area contributed by atoms with Crippen LogP contribution in [0.2, 0.25) is 0 Å². The van der Waals surface area contributed by atoms with Gasteiger partial charge in [0.25, 0.3) is 0 Å². The maximum atomic E-state index is 12.2. The van der Waals surface area contributed by atoms with E-state index in [1.807, 2.05) is 24.3 Å². The molecular formula is C13H7Br3O. The molecule has 0 aliphatic rings. The third-order valence-electron chi connectivity index (χ3n) is 2.28. The third kappa shape index (κ3) is 3.06. The molecule has 0 spiro atoms. The minimum absolute atomic E-state index is 0.0110.